The summed E-state index contributed by atoms with van der Waals surface area (Å²) in [7, 11) is 0. The molecule has 3 rings (SSSR count). The maximum absolute atomic E-state index is 12.0. The minimum absolute atomic E-state index is 0.0801. The van der Waals surface area contributed by atoms with E-state index in [1.807, 2.05) is 11.8 Å². The highest BCUT2D eigenvalue weighted by Gasteiger charge is 2.40. The maximum Gasteiger partial charge on any atom is 0.287 e. The Morgan fingerprint density at radius 1 is 1.45 bits per heavy atom. The number of nitrogens with one attached hydrogen (secondary N) is 1. The summed E-state index contributed by atoms with van der Waals surface area (Å²) in [5.74, 6) is 2.49. The molecule has 2 saturated heterocycles. The Balaban J connectivity index is 1.63. The van der Waals surface area contributed by atoms with E-state index in [1.54, 1.807) is 12.1 Å². The number of ether oxygens (including phenoxy) is 1. The van der Waals surface area contributed by atoms with Gasteiger partial charge in [-0.05, 0) is 24.3 Å². The second-order valence-corrected chi connectivity index (χ2v) is 6.39. The van der Waals surface area contributed by atoms with Crippen molar-refractivity contribution in [3.05, 3.63) is 24.2 Å². The molecule has 1 N–H and O–H groups in total. The van der Waals surface area contributed by atoms with Crippen LogP contribution in [0.15, 0.2) is 22.8 Å². The largest absolute Gasteiger partial charge is 0.459 e. The van der Waals surface area contributed by atoms with Gasteiger partial charge < -0.3 is 14.5 Å². The first-order valence-corrected chi connectivity index (χ1v) is 8.18. The van der Waals surface area contributed by atoms with E-state index in [-0.39, 0.29) is 11.4 Å². The van der Waals surface area contributed by atoms with Crippen LogP contribution in [0.4, 0.5) is 0 Å². The summed E-state index contributed by atoms with van der Waals surface area (Å²) in [6, 6.07) is 3.43. The molecule has 110 valence electrons. The highest BCUT2D eigenvalue weighted by molar-refractivity contribution is 7.99. The zero-order chi connectivity index (χ0) is 13.8. The van der Waals surface area contributed by atoms with Crippen molar-refractivity contribution < 1.29 is 13.9 Å². The van der Waals surface area contributed by atoms with Crippen LogP contribution in [0.2, 0.25) is 0 Å². The van der Waals surface area contributed by atoms with E-state index in [4.69, 9.17) is 9.15 Å². The van der Waals surface area contributed by atoms with E-state index in [1.165, 1.54) is 6.26 Å². The lowest BCUT2D eigenvalue weighted by molar-refractivity contribution is -0.0129. The normalized spacial score (nSPS) is 27.6. The van der Waals surface area contributed by atoms with Crippen molar-refractivity contribution in [3.8, 4) is 0 Å². The standard InChI is InChI=1S/C14H20N2O3S/c17-13(12-2-1-6-19-12)15-10-14(3-9-20-11-14)16-4-7-18-8-5-16/h1-2,6H,3-5,7-11H2,(H,15,17). The molecule has 3 heterocycles. The Labute approximate surface area is 123 Å². The van der Waals surface area contributed by atoms with Gasteiger partial charge in [-0.15, -0.1) is 0 Å². The number of thioether (sulfide) groups is 1. The molecule has 20 heavy (non-hydrogen) atoms. The molecular weight excluding hydrogens is 276 g/mol. The second kappa shape index (κ2) is 6.20. The van der Waals surface area contributed by atoms with Crippen LogP contribution in [0.3, 0.4) is 0 Å². The Morgan fingerprint density at radius 2 is 2.30 bits per heavy atom. The first kappa shape index (κ1) is 14.0. The van der Waals surface area contributed by atoms with Crippen molar-refractivity contribution in [1.82, 2.24) is 10.2 Å². The third kappa shape index (κ3) is 2.87. The highest BCUT2D eigenvalue weighted by atomic mass is 32.2. The van der Waals surface area contributed by atoms with Gasteiger partial charge in [0, 0.05) is 30.9 Å². The maximum atomic E-state index is 12.0. The number of hydrogen-bond donors (Lipinski definition) is 1. The van der Waals surface area contributed by atoms with Crippen LogP contribution in [0.1, 0.15) is 17.0 Å². The van der Waals surface area contributed by atoms with Gasteiger partial charge in [-0.2, -0.15) is 11.8 Å². The lowest BCUT2D eigenvalue weighted by atomic mass is 9.95. The summed E-state index contributed by atoms with van der Waals surface area (Å²) in [6.45, 7) is 4.17. The zero-order valence-corrected chi connectivity index (χ0v) is 12.3. The lowest BCUT2D eigenvalue weighted by Gasteiger charge is -2.42. The molecule has 0 aromatic carbocycles. The number of amides is 1. The molecule has 1 amide bonds. The molecule has 2 fully saturated rings. The van der Waals surface area contributed by atoms with Gasteiger partial charge in [0.25, 0.3) is 5.91 Å². The Hall–Kier alpha value is -0.980. The summed E-state index contributed by atoms with van der Waals surface area (Å²) in [4.78, 5) is 14.5. The first-order valence-electron chi connectivity index (χ1n) is 7.02. The molecule has 2 aliphatic rings. The number of rotatable bonds is 4. The van der Waals surface area contributed by atoms with E-state index in [9.17, 15) is 4.79 Å². The van der Waals surface area contributed by atoms with Gasteiger partial charge in [-0.3, -0.25) is 9.69 Å². The fourth-order valence-corrected chi connectivity index (χ4v) is 4.35. The fourth-order valence-electron chi connectivity index (χ4n) is 2.87. The molecule has 0 saturated carbocycles. The van der Waals surface area contributed by atoms with Gasteiger partial charge in [-0.1, -0.05) is 0 Å². The average molecular weight is 296 g/mol. The summed E-state index contributed by atoms with van der Waals surface area (Å²) < 4.78 is 10.6. The van der Waals surface area contributed by atoms with E-state index in [0.717, 1.165) is 44.2 Å². The Kier molecular flexibility index (Phi) is 4.33. The van der Waals surface area contributed by atoms with Crippen LogP contribution in [-0.2, 0) is 4.74 Å². The summed E-state index contributed by atoms with van der Waals surface area (Å²) >= 11 is 1.97. The predicted molar refractivity (Wildman–Crippen MR) is 78.1 cm³/mol. The molecule has 0 bridgehead atoms. The van der Waals surface area contributed by atoms with E-state index in [2.05, 4.69) is 10.2 Å². The Morgan fingerprint density at radius 3 is 2.95 bits per heavy atom. The number of furan rings is 1. The van der Waals surface area contributed by atoms with Gasteiger partial charge in [0.1, 0.15) is 0 Å². The molecule has 1 atom stereocenters. The average Bonchev–Trinajstić information content (AvgIpc) is 3.18. The van der Waals surface area contributed by atoms with E-state index in [0.29, 0.717) is 12.3 Å². The van der Waals surface area contributed by atoms with Crippen molar-refractivity contribution in [3.63, 3.8) is 0 Å². The van der Waals surface area contributed by atoms with Crippen molar-refractivity contribution in [1.29, 1.82) is 0 Å². The molecule has 5 nitrogen and oxygen atoms in total. The smallest absolute Gasteiger partial charge is 0.287 e. The third-order valence-corrected chi connectivity index (χ3v) is 5.32. The zero-order valence-electron chi connectivity index (χ0n) is 11.5. The second-order valence-electron chi connectivity index (χ2n) is 5.29. The number of hydrogen-bond acceptors (Lipinski definition) is 5. The van der Waals surface area contributed by atoms with Crippen LogP contribution in [0, 0.1) is 0 Å². The molecule has 1 aromatic rings. The molecule has 2 aliphatic heterocycles. The summed E-state index contributed by atoms with van der Waals surface area (Å²) in [5, 5.41) is 3.04. The highest BCUT2D eigenvalue weighted by Crippen LogP contribution is 2.33. The first-order chi connectivity index (χ1) is 9.80. The van der Waals surface area contributed by atoms with E-state index >= 15 is 0 Å². The van der Waals surface area contributed by atoms with Gasteiger partial charge in [0.05, 0.1) is 19.5 Å². The molecule has 0 aliphatic carbocycles. The number of nitrogens with zero attached hydrogens (tertiary/aromatic N) is 1. The monoisotopic (exact) mass is 296 g/mol. The van der Waals surface area contributed by atoms with E-state index < -0.39 is 0 Å². The van der Waals surface area contributed by atoms with Gasteiger partial charge in [0.15, 0.2) is 5.76 Å². The number of carbonyl (C=O) groups is 1. The van der Waals surface area contributed by atoms with Crippen LogP contribution in [-0.4, -0.2) is 60.7 Å². The van der Waals surface area contributed by atoms with Gasteiger partial charge >= 0.3 is 0 Å². The minimum atomic E-state index is -0.125. The molecule has 1 unspecified atom stereocenters. The lowest BCUT2D eigenvalue weighted by Crippen LogP contribution is -2.59. The minimum Gasteiger partial charge on any atom is -0.459 e. The topological polar surface area (TPSA) is 54.7 Å². The molecule has 1 aromatic heterocycles. The third-order valence-electron chi connectivity index (χ3n) is 4.09. The summed E-state index contributed by atoms with van der Waals surface area (Å²) in [5.41, 5.74) is 0.0801. The molecule has 0 spiro atoms. The van der Waals surface area contributed by atoms with Gasteiger partial charge in [-0.25, -0.2) is 0 Å². The van der Waals surface area contributed by atoms with Crippen LogP contribution >= 0.6 is 11.8 Å². The Bertz CT molecular complexity index is 437. The predicted octanol–water partition coefficient (Wildman–Crippen LogP) is 1.22. The molecule has 0 radical (unpaired) electrons. The van der Waals surface area contributed by atoms with Crippen LogP contribution in [0.5, 0.6) is 0 Å². The SMILES string of the molecule is O=C(NCC1(N2CCOCC2)CCSC1)c1ccco1. The number of carbonyl (C=O) groups excluding carboxylic acids is 1. The van der Waals surface area contributed by atoms with Crippen molar-refractivity contribution in [2.75, 3.05) is 44.4 Å². The molecule has 6 heteroatoms. The summed E-state index contributed by atoms with van der Waals surface area (Å²) in [6.07, 6.45) is 2.65. The van der Waals surface area contributed by atoms with Crippen molar-refractivity contribution >= 4 is 17.7 Å². The van der Waals surface area contributed by atoms with Crippen molar-refractivity contribution in [2.45, 2.75) is 12.0 Å². The number of morpholine rings is 1. The van der Waals surface area contributed by atoms with Crippen LogP contribution < -0.4 is 5.32 Å². The fraction of sp³-hybridized carbons (Fsp3) is 0.643. The molecular formula is C14H20N2O3S. The van der Waals surface area contributed by atoms with Crippen LogP contribution in [0.25, 0.3) is 0 Å². The quantitative estimate of drug-likeness (QED) is 0.905. The van der Waals surface area contributed by atoms with Gasteiger partial charge in [0.2, 0.25) is 0 Å². The van der Waals surface area contributed by atoms with Crippen molar-refractivity contribution in [2.24, 2.45) is 0 Å².